The van der Waals surface area contributed by atoms with Crippen LogP contribution in [0.1, 0.15) is 75.0 Å². The number of hydrogen-bond donors (Lipinski definition) is 1. The van der Waals surface area contributed by atoms with Gasteiger partial charge in [-0.2, -0.15) is 0 Å². The summed E-state index contributed by atoms with van der Waals surface area (Å²) in [6.07, 6.45) is 4.23. The second-order valence-electron chi connectivity index (χ2n) is 12.9. The molecule has 2 fully saturated rings. The van der Waals surface area contributed by atoms with Crippen molar-refractivity contribution in [3.8, 4) is 0 Å². The molecule has 3 aliphatic rings. The van der Waals surface area contributed by atoms with Crippen molar-refractivity contribution < 1.29 is 9.59 Å². The summed E-state index contributed by atoms with van der Waals surface area (Å²) in [6.45, 7) is 4.17. The summed E-state index contributed by atoms with van der Waals surface area (Å²) in [7, 11) is 0. The Morgan fingerprint density at radius 2 is 1.39 bits per heavy atom. The third-order valence-corrected chi connectivity index (χ3v) is 10.5. The average Bonchev–Trinajstić information content (AvgIpc) is 3.49. The lowest BCUT2D eigenvalue weighted by molar-refractivity contribution is -0.130. The Balaban J connectivity index is 1.44. The monoisotopic (exact) mass is 573 g/mol. The second-order valence-corrected chi connectivity index (χ2v) is 12.9. The Morgan fingerprint density at radius 3 is 2.11 bits per heavy atom. The van der Waals surface area contributed by atoms with Crippen LogP contribution in [0.15, 0.2) is 121 Å². The molecule has 1 heterocycles. The first-order valence-corrected chi connectivity index (χ1v) is 15.7. The normalized spacial score (nSPS) is 26.8. The Bertz CT molecular complexity index is 1970. The predicted octanol–water partition coefficient (Wildman–Crippen LogP) is 8.80. The van der Waals surface area contributed by atoms with Gasteiger partial charge in [0.25, 0.3) is 0 Å². The van der Waals surface area contributed by atoms with E-state index in [4.69, 9.17) is 0 Å². The molecule has 216 valence electrons. The quantitative estimate of drug-likeness (QED) is 0.219. The van der Waals surface area contributed by atoms with Crippen LogP contribution in [-0.4, -0.2) is 11.6 Å². The van der Waals surface area contributed by atoms with Crippen molar-refractivity contribution in [3.05, 3.63) is 160 Å². The van der Waals surface area contributed by atoms with E-state index in [0.717, 1.165) is 45.0 Å². The number of Topliss-reactive ketones (excluding diaryl/α,β-unsaturated/α-hetero) is 2. The van der Waals surface area contributed by atoms with E-state index in [1.54, 1.807) is 0 Å². The summed E-state index contributed by atoms with van der Waals surface area (Å²) in [5, 5.41) is 6.00. The summed E-state index contributed by atoms with van der Waals surface area (Å²) in [5.41, 5.74) is 5.79. The predicted molar refractivity (Wildman–Crippen MR) is 177 cm³/mol. The first-order chi connectivity index (χ1) is 21.4. The van der Waals surface area contributed by atoms with Crippen molar-refractivity contribution in [3.63, 3.8) is 0 Å². The topological polar surface area (TPSA) is 46.2 Å². The second kappa shape index (κ2) is 9.97. The lowest BCUT2D eigenvalue weighted by Crippen LogP contribution is -2.59. The number of carbonyl (C=O) groups is 2. The number of ketones is 2. The van der Waals surface area contributed by atoms with Crippen LogP contribution in [0.5, 0.6) is 0 Å². The fraction of sp³-hybridized carbons (Fsp3) is 0.220. The zero-order chi connectivity index (χ0) is 30.1. The van der Waals surface area contributed by atoms with Crippen molar-refractivity contribution in [2.45, 2.75) is 50.6 Å². The first kappa shape index (κ1) is 27.0. The third kappa shape index (κ3) is 3.66. The molecule has 44 heavy (non-hydrogen) atoms. The molecule has 2 spiro atoms. The molecular weight excluding hydrogens is 538 g/mol. The van der Waals surface area contributed by atoms with E-state index in [0.29, 0.717) is 18.4 Å². The fourth-order valence-electron chi connectivity index (χ4n) is 8.63. The van der Waals surface area contributed by atoms with E-state index in [9.17, 15) is 0 Å². The van der Waals surface area contributed by atoms with Gasteiger partial charge in [-0.1, -0.05) is 126 Å². The van der Waals surface area contributed by atoms with E-state index in [2.05, 4.69) is 116 Å². The van der Waals surface area contributed by atoms with Gasteiger partial charge in [-0.3, -0.25) is 14.9 Å². The van der Waals surface area contributed by atoms with Crippen LogP contribution in [0.2, 0.25) is 0 Å². The SMILES string of the molecule is Cc1ccc(/C=C2\CCC[C@@]3(C2=O)[C@@H](c2ccc(C)cc2)[C@H](c2ccccc2)N[C@@]32C(=O)c3cccc4cccc2c34)cc1. The van der Waals surface area contributed by atoms with Crippen LogP contribution in [0, 0.1) is 19.3 Å². The van der Waals surface area contributed by atoms with E-state index in [1.807, 2.05) is 24.3 Å². The molecule has 5 aromatic rings. The van der Waals surface area contributed by atoms with Gasteiger partial charge in [0, 0.05) is 17.5 Å². The molecule has 2 aliphatic carbocycles. The maximum atomic E-state index is 15.6. The summed E-state index contributed by atoms with van der Waals surface area (Å²) in [5.74, 6) is -0.142. The summed E-state index contributed by atoms with van der Waals surface area (Å²) >= 11 is 0. The van der Waals surface area contributed by atoms with Crippen LogP contribution in [0.25, 0.3) is 16.8 Å². The Labute approximate surface area is 258 Å². The smallest absolute Gasteiger partial charge is 0.189 e. The molecule has 0 aromatic heterocycles. The zero-order valence-corrected chi connectivity index (χ0v) is 25.1. The largest absolute Gasteiger partial charge is 0.294 e. The molecule has 4 atom stereocenters. The number of rotatable bonds is 3. The number of benzene rings is 5. The maximum absolute atomic E-state index is 15.6. The van der Waals surface area contributed by atoms with Crippen LogP contribution < -0.4 is 5.32 Å². The molecule has 0 amide bonds. The van der Waals surface area contributed by atoms with E-state index < -0.39 is 11.0 Å². The number of carbonyl (C=O) groups excluding carboxylic acids is 2. The maximum Gasteiger partial charge on any atom is 0.189 e. The number of fused-ring (bicyclic) bond motifs is 2. The van der Waals surface area contributed by atoms with E-state index in [1.165, 1.54) is 11.1 Å². The minimum Gasteiger partial charge on any atom is -0.294 e. The van der Waals surface area contributed by atoms with Crippen LogP contribution >= 0.6 is 0 Å². The van der Waals surface area contributed by atoms with Gasteiger partial charge < -0.3 is 0 Å². The fourth-order valence-corrected chi connectivity index (χ4v) is 8.63. The number of aryl methyl sites for hydroxylation is 2. The molecule has 3 nitrogen and oxygen atoms in total. The lowest BCUT2D eigenvalue weighted by atomic mass is 9.52. The minimum absolute atomic E-state index is 0.0183. The molecule has 1 saturated heterocycles. The highest BCUT2D eigenvalue weighted by molar-refractivity contribution is 6.24. The van der Waals surface area contributed by atoms with Gasteiger partial charge >= 0.3 is 0 Å². The molecule has 1 aliphatic heterocycles. The highest BCUT2D eigenvalue weighted by Crippen LogP contribution is 2.68. The van der Waals surface area contributed by atoms with Crippen molar-refractivity contribution >= 4 is 28.4 Å². The Kier molecular flexibility index (Phi) is 6.11. The Hall–Kier alpha value is -4.60. The molecule has 3 heteroatoms. The zero-order valence-electron chi connectivity index (χ0n) is 25.1. The summed E-state index contributed by atoms with van der Waals surface area (Å²) < 4.78 is 0. The third-order valence-electron chi connectivity index (χ3n) is 10.5. The van der Waals surface area contributed by atoms with Gasteiger partial charge in [-0.05, 0) is 77.8 Å². The van der Waals surface area contributed by atoms with Crippen molar-refractivity contribution in [1.82, 2.24) is 5.32 Å². The van der Waals surface area contributed by atoms with E-state index >= 15 is 9.59 Å². The van der Waals surface area contributed by atoms with Gasteiger partial charge in [0.1, 0.15) is 5.54 Å². The highest BCUT2D eigenvalue weighted by Gasteiger charge is 2.73. The van der Waals surface area contributed by atoms with Crippen molar-refractivity contribution in [2.75, 3.05) is 0 Å². The molecule has 0 radical (unpaired) electrons. The standard InChI is InChI=1S/C41H35NO2/c1-26-16-20-28(21-17-26)25-32-13-8-24-40(38(32)43)36(30-22-18-27(2)19-23-30)37(31-9-4-3-5-10-31)42-41(40)34-15-7-12-29-11-6-14-33(35(29)34)39(41)44/h3-7,9-12,14-23,25,36-37,42H,8,13,24H2,1-2H3/b32-25+/t36-,37-,40-,41-/m0/s1. The van der Waals surface area contributed by atoms with Gasteiger partial charge in [-0.25, -0.2) is 0 Å². The molecule has 8 rings (SSSR count). The van der Waals surface area contributed by atoms with Crippen molar-refractivity contribution in [2.24, 2.45) is 5.41 Å². The van der Waals surface area contributed by atoms with Crippen LogP contribution in [0.4, 0.5) is 0 Å². The molecule has 1 saturated carbocycles. The first-order valence-electron chi connectivity index (χ1n) is 15.7. The van der Waals surface area contributed by atoms with Gasteiger partial charge in [-0.15, -0.1) is 0 Å². The molecule has 0 unspecified atom stereocenters. The van der Waals surface area contributed by atoms with Crippen LogP contribution in [0.3, 0.4) is 0 Å². The molecule has 1 N–H and O–H groups in total. The molecule has 0 bridgehead atoms. The van der Waals surface area contributed by atoms with Crippen molar-refractivity contribution in [1.29, 1.82) is 0 Å². The lowest BCUT2D eigenvalue weighted by Gasteiger charge is -2.47. The Morgan fingerprint density at radius 1 is 0.705 bits per heavy atom. The van der Waals surface area contributed by atoms with E-state index in [-0.39, 0.29) is 23.5 Å². The molecular formula is C41H35NO2. The number of allylic oxidation sites excluding steroid dienone is 1. The van der Waals surface area contributed by atoms with Crippen LogP contribution in [-0.2, 0) is 10.3 Å². The summed E-state index contributed by atoms with van der Waals surface area (Å²) in [4.78, 5) is 30.8. The minimum atomic E-state index is -1.20. The highest BCUT2D eigenvalue weighted by atomic mass is 16.1. The van der Waals surface area contributed by atoms with Gasteiger partial charge in [0.2, 0.25) is 0 Å². The molecule has 5 aromatic carbocycles. The number of nitrogens with one attached hydrogen (secondary N) is 1. The average molecular weight is 574 g/mol. The summed E-state index contributed by atoms with van der Waals surface area (Å²) in [6, 6.07) is 39.4. The van der Waals surface area contributed by atoms with Gasteiger partial charge in [0.15, 0.2) is 11.6 Å². The van der Waals surface area contributed by atoms with Gasteiger partial charge in [0.05, 0.1) is 5.41 Å². The number of hydrogen-bond acceptors (Lipinski definition) is 3.